The molecule has 118 valence electrons. The third kappa shape index (κ3) is 3.79. The van der Waals surface area contributed by atoms with Crippen molar-refractivity contribution in [3.05, 3.63) is 16.6 Å². The van der Waals surface area contributed by atoms with Gasteiger partial charge in [0.1, 0.15) is 24.0 Å². The van der Waals surface area contributed by atoms with Gasteiger partial charge in [0.05, 0.1) is 12.7 Å². The maximum atomic E-state index is 11.8. The highest BCUT2D eigenvalue weighted by Crippen LogP contribution is 2.38. The van der Waals surface area contributed by atoms with Crippen molar-refractivity contribution in [2.24, 2.45) is 0 Å². The summed E-state index contributed by atoms with van der Waals surface area (Å²) in [6, 6.07) is 1.26. The molecule has 0 radical (unpaired) electrons. The Morgan fingerprint density at radius 3 is 2.76 bits per heavy atom. The summed E-state index contributed by atoms with van der Waals surface area (Å²) in [5.41, 5.74) is 10.3. The molecular formula is C9H15N4O7P. The lowest BCUT2D eigenvalue weighted by Crippen LogP contribution is -2.30. The summed E-state index contributed by atoms with van der Waals surface area (Å²) >= 11 is 0. The average molecular weight is 322 g/mol. The van der Waals surface area contributed by atoms with Crippen LogP contribution in [0.15, 0.2) is 10.9 Å². The van der Waals surface area contributed by atoms with E-state index in [2.05, 4.69) is 9.51 Å². The van der Waals surface area contributed by atoms with Crippen LogP contribution in [-0.2, 0) is 13.8 Å². The lowest BCUT2D eigenvalue weighted by Gasteiger charge is -2.17. The second-order valence-electron chi connectivity index (χ2n) is 4.48. The fourth-order valence-corrected chi connectivity index (χ4v) is 2.35. The number of hydrogen-bond donors (Lipinski definition) is 5. The maximum Gasteiger partial charge on any atom is 0.469 e. The summed E-state index contributed by atoms with van der Waals surface area (Å²) in [4.78, 5) is 32.5. The lowest BCUT2D eigenvalue weighted by atomic mass is 10.2. The Morgan fingerprint density at radius 1 is 1.52 bits per heavy atom. The first kappa shape index (κ1) is 15.9. The van der Waals surface area contributed by atoms with Crippen molar-refractivity contribution in [2.45, 2.75) is 24.9 Å². The van der Waals surface area contributed by atoms with Crippen molar-refractivity contribution in [1.29, 1.82) is 0 Å². The van der Waals surface area contributed by atoms with E-state index >= 15 is 0 Å². The number of hydrogen-bond acceptors (Lipinski definition) is 8. The molecule has 21 heavy (non-hydrogen) atoms. The number of nitrogens with zero attached hydrogens (tertiary/aromatic N) is 2. The Kier molecular flexibility index (Phi) is 4.33. The predicted octanol–water partition coefficient (Wildman–Crippen LogP) is -1.83. The Bertz CT molecular complexity index is 629. The number of aromatic nitrogens is 2. The number of phosphoric acid groups is 1. The maximum absolute atomic E-state index is 11.8. The van der Waals surface area contributed by atoms with E-state index in [4.69, 9.17) is 26.0 Å². The molecule has 0 aliphatic carbocycles. The number of aliphatic hydroxyl groups is 1. The number of phosphoric ester groups is 1. The van der Waals surface area contributed by atoms with Crippen LogP contribution in [0.3, 0.4) is 0 Å². The molecule has 0 aromatic carbocycles. The van der Waals surface area contributed by atoms with Crippen molar-refractivity contribution in [1.82, 2.24) is 9.55 Å². The summed E-state index contributed by atoms with van der Waals surface area (Å²) in [6.07, 6.45) is -3.02. The third-order valence-corrected chi connectivity index (χ3v) is 3.39. The number of rotatable bonds is 4. The summed E-state index contributed by atoms with van der Waals surface area (Å²) in [5, 5.41) is 9.79. The van der Waals surface area contributed by atoms with Crippen molar-refractivity contribution >= 4 is 19.5 Å². The minimum Gasteiger partial charge on any atom is -0.390 e. The highest BCUT2D eigenvalue weighted by Gasteiger charge is 2.37. The van der Waals surface area contributed by atoms with Crippen molar-refractivity contribution in [2.75, 3.05) is 18.1 Å². The molecule has 1 aromatic rings. The third-order valence-electron chi connectivity index (χ3n) is 2.90. The van der Waals surface area contributed by atoms with Crippen molar-refractivity contribution in [3.8, 4) is 0 Å². The zero-order valence-corrected chi connectivity index (χ0v) is 11.6. The van der Waals surface area contributed by atoms with E-state index in [0.717, 1.165) is 4.57 Å². The normalized spacial score (nSPS) is 26.1. The molecule has 11 nitrogen and oxygen atoms in total. The van der Waals surface area contributed by atoms with Gasteiger partial charge in [0, 0.05) is 12.5 Å². The number of nitrogen functional groups attached to an aromatic ring is 2. The molecule has 12 heteroatoms. The van der Waals surface area contributed by atoms with Crippen LogP contribution in [0.5, 0.6) is 0 Å². The second kappa shape index (κ2) is 5.72. The largest absolute Gasteiger partial charge is 0.469 e. The van der Waals surface area contributed by atoms with Crippen LogP contribution in [0.2, 0.25) is 0 Å². The molecule has 7 N–H and O–H groups in total. The van der Waals surface area contributed by atoms with Crippen LogP contribution in [0, 0.1) is 0 Å². The minimum absolute atomic E-state index is 0.00116. The monoisotopic (exact) mass is 322 g/mol. The van der Waals surface area contributed by atoms with Crippen LogP contribution < -0.4 is 17.2 Å². The van der Waals surface area contributed by atoms with Crippen LogP contribution in [0.1, 0.15) is 12.6 Å². The van der Waals surface area contributed by atoms with Crippen molar-refractivity contribution < 1.29 is 28.7 Å². The number of nitrogens with two attached hydrogens (primary N) is 2. The van der Waals surface area contributed by atoms with Gasteiger partial charge in [-0.3, -0.25) is 9.09 Å². The fourth-order valence-electron chi connectivity index (χ4n) is 2.01. The highest BCUT2D eigenvalue weighted by molar-refractivity contribution is 7.46. The molecule has 0 spiro atoms. The number of anilines is 2. The first-order chi connectivity index (χ1) is 9.67. The molecule has 0 bridgehead atoms. The molecular weight excluding hydrogens is 307 g/mol. The van der Waals surface area contributed by atoms with E-state index in [-0.39, 0.29) is 18.1 Å². The molecule has 1 fully saturated rings. The van der Waals surface area contributed by atoms with E-state index < -0.39 is 38.6 Å². The Labute approximate surface area is 118 Å². The van der Waals surface area contributed by atoms with E-state index in [9.17, 15) is 14.5 Å². The Hall–Kier alpha value is -1.49. The summed E-state index contributed by atoms with van der Waals surface area (Å²) in [7, 11) is -4.68. The zero-order chi connectivity index (χ0) is 15.8. The first-order valence-corrected chi connectivity index (χ1v) is 7.38. The standard InChI is InChI=1S/C9H15N4O7P/c10-6-2-7(11)13(9(15)12-6)8-1-4(14)5(20-8)3-19-21(16,17)18/h2,4-5,8,14H,1,3,11H2,(H2,10,12,15)(H2,16,17,18)/t4-,5+,8+/m0/s1. The van der Waals surface area contributed by atoms with Gasteiger partial charge in [0.25, 0.3) is 0 Å². The van der Waals surface area contributed by atoms with E-state index in [1.165, 1.54) is 6.07 Å². The van der Waals surface area contributed by atoms with Gasteiger partial charge < -0.3 is 31.1 Å². The van der Waals surface area contributed by atoms with Gasteiger partial charge in [0.15, 0.2) is 0 Å². The molecule has 1 saturated heterocycles. The molecule has 1 aliphatic heterocycles. The Morgan fingerprint density at radius 2 is 2.19 bits per heavy atom. The quantitative estimate of drug-likeness (QED) is 0.395. The second-order valence-corrected chi connectivity index (χ2v) is 5.72. The van der Waals surface area contributed by atoms with Gasteiger partial charge in [0.2, 0.25) is 0 Å². The topological polar surface area (TPSA) is 183 Å². The van der Waals surface area contributed by atoms with Crippen LogP contribution in [0.25, 0.3) is 0 Å². The predicted molar refractivity (Wildman–Crippen MR) is 69.9 cm³/mol. The highest BCUT2D eigenvalue weighted by atomic mass is 31.2. The van der Waals surface area contributed by atoms with Gasteiger partial charge in [-0.1, -0.05) is 0 Å². The lowest BCUT2D eigenvalue weighted by molar-refractivity contribution is -0.0442. The zero-order valence-electron chi connectivity index (χ0n) is 10.7. The number of ether oxygens (including phenoxy) is 1. The van der Waals surface area contributed by atoms with Gasteiger partial charge in [-0.25, -0.2) is 9.36 Å². The van der Waals surface area contributed by atoms with E-state index in [1.807, 2.05) is 0 Å². The molecule has 1 aliphatic rings. The van der Waals surface area contributed by atoms with E-state index in [1.54, 1.807) is 0 Å². The fraction of sp³-hybridized carbons (Fsp3) is 0.556. The number of aliphatic hydroxyl groups excluding tert-OH is 1. The molecule has 0 amide bonds. The molecule has 0 saturated carbocycles. The van der Waals surface area contributed by atoms with Crippen LogP contribution in [0.4, 0.5) is 11.6 Å². The molecule has 3 atom stereocenters. The average Bonchev–Trinajstić information content (AvgIpc) is 2.65. The summed E-state index contributed by atoms with van der Waals surface area (Å²) in [5.74, 6) is -0.0464. The van der Waals surface area contributed by atoms with Crippen LogP contribution >= 0.6 is 7.82 Å². The van der Waals surface area contributed by atoms with Gasteiger partial charge in [-0.05, 0) is 0 Å². The molecule has 0 unspecified atom stereocenters. The summed E-state index contributed by atoms with van der Waals surface area (Å²) < 4.78 is 21.2. The Balaban J connectivity index is 2.14. The minimum atomic E-state index is -4.68. The first-order valence-electron chi connectivity index (χ1n) is 5.85. The van der Waals surface area contributed by atoms with Crippen molar-refractivity contribution in [3.63, 3.8) is 0 Å². The van der Waals surface area contributed by atoms with E-state index in [0.29, 0.717) is 0 Å². The van der Waals surface area contributed by atoms with Crippen LogP contribution in [-0.4, -0.2) is 43.3 Å². The van der Waals surface area contributed by atoms with Gasteiger partial charge in [-0.15, -0.1) is 0 Å². The summed E-state index contributed by atoms with van der Waals surface area (Å²) in [6.45, 7) is -0.529. The SMILES string of the molecule is Nc1cc(N)n([C@H]2C[C@H](O)[C@@H](COP(=O)(O)O)O2)c(=O)n1. The molecule has 2 rings (SSSR count). The van der Waals surface area contributed by atoms with Gasteiger partial charge in [-0.2, -0.15) is 4.98 Å². The smallest absolute Gasteiger partial charge is 0.390 e. The molecule has 2 heterocycles. The van der Waals surface area contributed by atoms with Gasteiger partial charge >= 0.3 is 13.5 Å². The molecule has 1 aromatic heterocycles.